The van der Waals surface area contributed by atoms with Crippen molar-refractivity contribution in [2.24, 2.45) is 0 Å². The van der Waals surface area contributed by atoms with Gasteiger partial charge in [-0.2, -0.15) is 8.42 Å². The maximum atomic E-state index is 11.0. The van der Waals surface area contributed by atoms with Gasteiger partial charge in [-0.1, -0.05) is 115 Å². The van der Waals surface area contributed by atoms with Crippen LogP contribution in [-0.2, 0) is 16.5 Å². The third kappa shape index (κ3) is 17.2. The first kappa shape index (κ1) is 29.9. The molecule has 164 valence electrons. The molecule has 1 aromatic rings. The summed E-state index contributed by atoms with van der Waals surface area (Å²) < 4.78 is 31.0. The van der Waals surface area contributed by atoms with Crippen LogP contribution in [0.15, 0.2) is 29.2 Å². The van der Waals surface area contributed by atoms with Crippen LogP contribution in [0.4, 0.5) is 0 Å². The van der Waals surface area contributed by atoms with Gasteiger partial charge in [-0.3, -0.25) is 4.55 Å². The van der Waals surface area contributed by atoms with Crippen molar-refractivity contribution in [2.45, 2.75) is 121 Å². The minimum Gasteiger partial charge on any atom is -1.00 e. The average molecular weight is 497 g/mol. The summed E-state index contributed by atoms with van der Waals surface area (Å²) in [7, 11) is -4.07. The maximum absolute atomic E-state index is 11.0. The second-order valence-corrected chi connectivity index (χ2v) is 9.59. The fourth-order valence-corrected chi connectivity index (χ4v) is 4.19. The predicted octanol–water partition coefficient (Wildman–Crippen LogP) is 4.85. The van der Waals surface area contributed by atoms with Crippen molar-refractivity contribution in [1.82, 2.24) is 0 Å². The first-order chi connectivity index (χ1) is 13.5. The monoisotopic (exact) mass is 496 g/mol. The molecule has 0 aliphatic carbocycles. The van der Waals surface area contributed by atoms with Crippen LogP contribution in [0.2, 0.25) is 0 Å². The van der Waals surface area contributed by atoms with E-state index >= 15 is 0 Å². The van der Waals surface area contributed by atoms with Crippen LogP contribution in [-0.4, -0.2) is 13.0 Å². The molecule has 1 aromatic carbocycles. The van der Waals surface area contributed by atoms with E-state index in [1.54, 1.807) is 12.1 Å². The topological polar surface area (TPSA) is 54.4 Å². The Balaban J connectivity index is 0. The van der Waals surface area contributed by atoms with E-state index in [9.17, 15) is 8.42 Å². The van der Waals surface area contributed by atoms with Crippen LogP contribution < -0.4 is 58.2 Å². The van der Waals surface area contributed by atoms with Gasteiger partial charge >= 0.3 is 58.2 Å². The van der Waals surface area contributed by atoms with Crippen LogP contribution in [0.3, 0.4) is 0 Å². The molecule has 0 aromatic heterocycles. The number of benzene rings is 1. The van der Waals surface area contributed by atoms with E-state index in [1.165, 1.54) is 108 Å². The zero-order valence-corrected chi connectivity index (χ0v) is 24.7. The molecule has 0 atom stereocenters. The largest absolute Gasteiger partial charge is 1.00 e. The van der Waals surface area contributed by atoms with Crippen molar-refractivity contribution in [3.05, 3.63) is 29.8 Å². The van der Waals surface area contributed by atoms with Gasteiger partial charge in [-0.25, -0.2) is 0 Å². The van der Waals surface area contributed by atoms with E-state index in [4.69, 9.17) is 4.55 Å². The van der Waals surface area contributed by atoms with Crippen LogP contribution in [0, 0.1) is 0 Å². The van der Waals surface area contributed by atoms with Crippen LogP contribution in [0.5, 0.6) is 0 Å². The molecule has 29 heavy (non-hydrogen) atoms. The molecule has 0 spiro atoms. The molecular weight excluding hydrogens is 454 g/mol. The molecule has 0 saturated carbocycles. The molecule has 0 amide bonds. The summed E-state index contributed by atoms with van der Waals surface area (Å²) in [4.78, 5) is -0.0248. The molecular formula is C24H43O3RbS. The van der Waals surface area contributed by atoms with Crippen molar-refractivity contribution in [1.29, 1.82) is 0 Å². The number of unbranched alkanes of at least 4 members (excludes halogenated alkanes) is 15. The van der Waals surface area contributed by atoms with Gasteiger partial charge in [0.15, 0.2) is 0 Å². The summed E-state index contributed by atoms with van der Waals surface area (Å²) in [5.41, 5.74) is 1.14. The molecule has 0 aliphatic heterocycles. The van der Waals surface area contributed by atoms with E-state index in [0.717, 1.165) is 18.4 Å². The van der Waals surface area contributed by atoms with E-state index in [-0.39, 0.29) is 64.5 Å². The molecule has 1 N–H and O–H groups in total. The van der Waals surface area contributed by atoms with E-state index in [1.807, 2.05) is 0 Å². The second-order valence-electron chi connectivity index (χ2n) is 8.17. The zero-order valence-electron chi connectivity index (χ0n) is 20.0. The van der Waals surface area contributed by atoms with Crippen molar-refractivity contribution in [3.63, 3.8) is 0 Å². The van der Waals surface area contributed by atoms with Crippen LogP contribution >= 0.6 is 0 Å². The Kier molecular flexibility index (Phi) is 20.2. The molecule has 3 nitrogen and oxygen atoms in total. The Hall–Kier alpha value is 0.935. The smallest absolute Gasteiger partial charge is 1.00 e. The van der Waals surface area contributed by atoms with E-state index < -0.39 is 10.1 Å². The van der Waals surface area contributed by atoms with E-state index in [0.29, 0.717) is 0 Å². The van der Waals surface area contributed by atoms with Crippen molar-refractivity contribution in [3.8, 4) is 0 Å². The summed E-state index contributed by atoms with van der Waals surface area (Å²) in [5, 5.41) is 0. The Labute approximate surface area is 230 Å². The normalized spacial score (nSPS) is 11.4. The summed E-state index contributed by atoms with van der Waals surface area (Å²) in [5.74, 6) is 0. The summed E-state index contributed by atoms with van der Waals surface area (Å²) in [6.07, 6.45) is 22.9. The second kappa shape index (κ2) is 19.6. The predicted molar refractivity (Wildman–Crippen MR) is 121 cm³/mol. The Bertz CT molecular complexity index is 591. The van der Waals surface area contributed by atoms with E-state index in [2.05, 4.69) is 6.92 Å². The maximum Gasteiger partial charge on any atom is 1.00 e. The van der Waals surface area contributed by atoms with Crippen molar-refractivity contribution in [2.75, 3.05) is 0 Å². The van der Waals surface area contributed by atoms with Gasteiger partial charge in [0.1, 0.15) is 0 Å². The summed E-state index contributed by atoms with van der Waals surface area (Å²) in [6, 6.07) is 6.57. The third-order valence-electron chi connectivity index (χ3n) is 5.54. The Morgan fingerprint density at radius 3 is 1.34 bits per heavy atom. The van der Waals surface area contributed by atoms with Gasteiger partial charge in [-0.15, -0.1) is 0 Å². The Morgan fingerprint density at radius 2 is 1.00 bits per heavy atom. The number of hydrogen-bond acceptors (Lipinski definition) is 2. The number of hydrogen-bond donors (Lipinski definition) is 1. The quantitative estimate of drug-likeness (QED) is 0.233. The molecule has 5 heteroatoms. The molecule has 0 saturated heterocycles. The number of rotatable bonds is 18. The third-order valence-corrected chi connectivity index (χ3v) is 6.41. The van der Waals surface area contributed by atoms with Gasteiger partial charge in [0, 0.05) is 0 Å². The van der Waals surface area contributed by atoms with Gasteiger partial charge < -0.3 is 1.43 Å². The van der Waals surface area contributed by atoms with Crippen molar-refractivity contribution >= 4 is 10.1 Å². The molecule has 0 aliphatic rings. The molecule has 0 heterocycles. The SMILES string of the molecule is CCCCCCCCCCCCCCCCCCc1ccc(S(=O)(=O)O)cc1.[H-].[Rb+]. The minimum atomic E-state index is -4.07. The fraction of sp³-hybridized carbons (Fsp3) is 0.750. The minimum absolute atomic E-state index is 0. The van der Waals surface area contributed by atoms with Crippen LogP contribution in [0.1, 0.15) is 117 Å². The van der Waals surface area contributed by atoms with Crippen molar-refractivity contribution < 1.29 is 72.6 Å². The Morgan fingerprint density at radius 1 is 0.655 bits per heavy atom. The fourth-order valence-electron chi connectivity index (χ4n) is 3.71. The van der Waals surface area contributed by atoms with Gasteiger partial charge in [0.25, 0.3) is 10.1 Å². The van der Waals surface area contributed by atoms with Gasteiger partial charge in [0.2, 0.25) is 0 Å². The van der Waals surface area contributed by atoms with Crippen LogP contribution in [0.25, 0.3) is 0 Å². The molecule has 0 bridgehead atoms. The molecule has 0 fully saturated rings. The first-order valence-electron chi connectivity index (χ1n) is 11.6. The molecule has 0 unspecified atom stereocenters. The molecule has 1 rings (SSSR count). The van der Waals surface area contributed by atoms with Gasteiger partial charge in [0.05, 0.1) is 4.90 Å². The first-order valence-corrected chi connectivity index (χ1v) is 13.0. The zero-order chi connectivity index (χ0) is 20.5. The summed E-state index contributed by atoms with van der Waals surface area (Å²) >= 11 is 0. The standard InChI is InChI=1S/C24H42O3S.Rb.H/c1-2-3-4-5-6-7-8-9-10-11-12-13-14-15-16-17-18-23-19-21-24(22-20-23)28(25,26)27;;/h19-22H,2-18H2,1H3,(H,25,26,27);;/q;+1;-1. The summed E-state index contributed by atoms with van der Waals surface area (Å²) in [6.45, 7) is 2.27. The molecule has 0 radical (unpaired) electrons. The average Bonchev–Trinajstić information content (AvgIpc) is 2.67. The number of aryl methyl sites for hydroxylation is 1. The van der Waals surface area contributed by atoms with Gasteiger partial charge in [-0.05, 0) is 30.5 Å².